The van der Waals surface area contributed by atoms with Gasteiger partial charge in [0.25, 0.3) is 5.91 Å². The van der Waals surface area contributed by atoms with E-state index in [1.165, 1.54) is 4.90 Å². The van der Waals surface area contributed by atoms with Crippen LogP contribution in [0.15, 0.2) is 42.5 Å². The molecule has 30 heavy (non-hydrogen) atoms. The van der Waals surface area contributed by atoms with Gasteiger partial charge in [0, 0.05) is 16.7 Å². The lowest BCUT2D eigenvalue weighted by Crippen LogP contribution is -2.49. The molecule has 0 saturated carbocycles. The fourth-order valence-electron chi connectivity index (χ4n) is 2.71. The van der Waals surface area contributed by atoms with Gasteiger partial charge in [0.1, 0.15) is 11.8 Å². The molecule has 8 heteroatoms. The van der Waals surface area contributed by atoms with Crippen molar-refractivity contribution >= 4 is 57.6 Å². The number of nitrogens with zero attached hydrogens (tertiary/aromatic N) is 1. The number of hydrogen-bond acceptors (Lipinski definition) is 3. The van der Waals surface area contributed by atoms with Crippen molar-refractivity contribution in [3.63, 3.8) is 0 Å². The van der Waals surface area contributed by atoms with Gasteiger partial charge >= 0.3 is 0 Å². The summed E-state index contributed by atoms with van der Waals surface area (Å²) in [4.78, 5) is 27.1. The van der Waals surface area contributed by atoms with Crippen molar-refractivity contribution < 1.29 is 14.3 Å². The minimum Gasteiger partial charge on any atom is -0.484 e. The fraction of sp³-hybridized carbons (Fsp3) is 0.364. The molecular formula is C22H25Cl2IN2O3. The summed E-state index contributed by atoms with van der Waals surface area (Å²) >= 11 is 14.3. The maximum Gasteiger partial charge on any atom is 0.261 e. The Kier molecular flexibility index (Phi) is 10.2. The maximum atomic E-state index is 13.0. The van der Waals surface area contributed by atoms with Crippen LogP contribution in [-0.4, -0.2) is 35.9 Å². The Morgan fingerprint density at radius 2 is 1.83 bits per heavy atom. The standard InChI is InChI=1S/C22H25Cl2IN2O3/c1-3-4-11-26-22(29)15(2)27(13-16-5-10-19(23)20(24)12-16)21(28)14-30-18-8-6-17(25)7-9-18/h5-10,12,15H,3-4,11,13-14H2,1-2H3,(H,26,29)/t15-/m0/s1. The van der Waals surface area contributed by atoms with E-state index < -0.39 is 6.04 Å². The number of benzene rings is 2. The quantitative estimate of drug-likeness (QED) is 0.315. The van der Waals surface area contributed by atoms with Crippen LogP contribution in [0, 0.1) is 3.57 Å². The second kappa shape index (κ2) is 12.4. The molecule has 0 heterocycles. The molecule has 0 unspecified atom stereocenters. The first-order chi connectivity index (χ1) is 14.3. The lowest BCUT2D eigenvalue weighted by atomic mass is 10.1. The van der Waals surface area contributed by atoms with Crippen molar-refractivity contribution in [2.45, 2.75) is 39.3 Å². The number of carbonyl (C=O) groups is 2. The van der Waals surface area contributed by atoms with Gasteiger partial charge in [-0.15, -0.1) is 0 Å². The molecule has 0 bridgehead atoms. The third kappa shape index (κ3) is 7.63. The smallest absolute Gasteiger partial charge is 0.261 e. The van der Waals surface area contributed by atoms with Crippen LogP contribution in [0.2, 0.25) is 10.0 Å². The van der Waals surface area contributed by atoms with Gasteiger partial charge in [-0.05, 0) is 77.9 Å². The van der Waals surface area contributed by atoms with Gasteiger partial charge in [-0.25, -0.2) is 0 Å². The SMILES string of the molecule is CCCCNC(=O)[C@H](C)N(Cc1ccc(Cl)c(Cl)c1)C(=O)COc1ccc(I)cc1. The zero-order valence-electron chi connectivity index (χ0n) is 17.0. The number of carbonyl (C=O) groups excluding carboxylic acids is 2. The second-order valence-corrected chi connectivity index (χ2v) is 8.89. The third-order valence-electron chi connectivity index (χ3n) is 4.51. The lowest BCUT2D eigenvalue weighted by molar-refractivity contribution is -0.142. The molecule has 2 rings (SSSR count). The highest BCUT2D eigenvalue weighted by atomic mass is 127. The van der Waals surface area contributed by atoms with Crippen molar-refractivity contribution in [1.82, 2.24) is 10.2 Å². The summed E-state index contributed by atoms with van der Waals surface area (Å²) in [5, 5.41) is 3.72. The predicted octanol–water partition coefficient (Wildman–Crippen LogP) is 5.31. The minimum absolute atomic E-state index is 0.172. The van der Waals surface area contributed by atoms with Crippen molar-refractivity contribution in [3.05, 3.63) is 61.6 Å². The molecule has 0 spiro atoms. The molecule has 1 N–H and O–H groups in total. The fourth-order valence-corrected chi connectivity index (χ4v) is 3.39. The lowest BCUT2D eigenvalue weighted by Gasteiger charge is -2.29. The van der Waals surface area contributed by atoms with Gasteiger partial charge in [0.2, 0.25) is 5.91 Å². The zero-order valence-corrected chi connectivity index (χ0v) is 20.6. The van der Waals surface area contributed by atoms with Crippen LogP contribution in [0.1, 0.15) is 32.3 Å². The van der Waals surface area contributed by atoms with Crippen LogP contribution >= 0.6 is 45.8 Å². The van der Waals surface area contributed by atoms with Crippen molar-refractivity contribution in [1.29, 1.82) is 0 Å². The number of ether oxygens (including phenoxy) is 1. The first kappa shape index (κ1) is 24.8. The van der Waals surface area contributed by atoms with Crippen LogP contribution in [0.25, 0.3) is 0 Å². The van der Waals surface area contributed by atoms with Crippen LogP contribution in [-0.2, 0) is 16.1 Å². The average molecular weight is 563 g/mol. The summed E-state index contributed by atoms with van der Waals surface area (Å²) in [6.07, 6.45) is 1.86. The average Bonchev–Trinajstić information content (AvgIpc) is 2.73. The second-order valence-electron chi connectivity index (χ2n) is 6.83. The molecule has 162 valence electrons. The highest BCUT2D eigenvalue weighted by molar-refractivity contribution is 14.1. The van der Waals surface area contributed by atoms with E-state index in [9.17, 15) is 9.59 Å². The summed E-state index contributed by atoms with van der Waals surface area (Å²) < 4.78 is 6.71. The molecule has 2 amide bonds. The topological polar surface area (TPSA) is 58.6 Å². The number of rotatable bonds is 10. The molecule has 0 fully saturated rings. The van der Waals surface area contributed by atoms with E-state index in [4.69, 9.17) is 27.9 Å². The Hall–Kier alpha value is -1.51. The maximum absolute atomic E-state index is 13.0. The summed E-state index contributed by atoms with van der Waals surface area (Å²) in [5.41, 5.74) is 0.778. The molecule has 2 aromatic carbocycles. The Bertz CT molecular complexity index is 862. The van der Waals surface area contributed by atoms with Gasteiger partial charge in [-0.3, -0.25) is 9.59 Å². The third-order valence-corrected chi connectivity index (χ3v) is 5.97. The first-order valence-corrected chi connectivity index (χ1v) is 11.5. The van der Waals surface area contributed by atoms with E-state index in [-0.39, 0.29) is 25.0 Å². The molecule has 0 aliphatic heterocycles. The summed E-state index contributed by atoms with van der Waals surface area (Å²) in [6, 6.07) is 11.9. The molecule has 0 aromatic heterocycles. The number of nitrogens with one attached hydrogen (secondary N) is 1. The summed E-state index contributed by atoms with van der Waals surface area (Å²) in [6.45, 7) is 4.38. The molecule has 5 nitrogen and oxygen atoms in total. The van der Waals surface area contributed by atoms with Crippen LogP contribution < -0.4 is 10.1 Å². The predicted molar refractivity (Wildman–Crippen MR) is 129 cm³/mol. The zero-order chi connectivity index (χ0) is 22.1. The van der Waals surface area contributed by atoms with E-state index in [0.29, 0.717) is 22.3 Å². The van der Waals surface area contributed by atoms with Crippen molar-refractivity contribution in [3.8, 4) is 5.75 Å². The number of amides is 2. The molecule has 0 saturated heterocycles. The van der Waals surface area contributed by atoms with E-state index in [0.717, 1.165) is 22.0 Å². The van der Waals surface area contributed by atoms with Crippen LogP contribution in [0.4, 0.5) is 0 Å². The molecule has 0 aliphatic rings. The number of halogens is 3. The Morgan fingerprint density at radius 1 is 1.13 bits per heavy atom. The molecular weight excluding hydrogens is 538 g/mol. The van der Waals surface area contributed by atoms with Gasteiger partial charge in [-0.1, -0.05) is 42.6 Å². The largest absolute Gasteiger partial charge is 0.484 e. The highest BCUT2D eigenvalue weighted by Gasteiger charge is 2.26. The summed E-state index contributed by atoms with van der Waals surface area (Å²) in [7, 11) is 0. The van der Waals surface area contributed by atoms with E-state index in [1.807, 2.05) is 12.1 Å². The van der Waals surface area contributed by atoms with E-state index in [2.05, 4.69) is 34.8 Å². The molecule has 1 atom stereocenters. The van der Waals surface area contributed by atoms with E-state index >= 15 is 0 Å². The van der Waals surface area contributed by atoms with Gasteiger partial charge in [0.05, 0.1) is 10.0 Å². The molecule has 0 aliphatic carbocycles. The van der Waals surface area contributed by atoms with Gasteiger partial charge in [0.15, 0.2) is 6.61 Å². The minimum atomic E-state index is -0.663. The first-order valence-electron chi connectivity index (χ1n) is 9.71. The Balaban J connectivity index is 2.13. The Morgan fingerprint density at radius 3 is 2.47 bits per heavy atom. The van der Waals surface area contributed by atoms with Crippen LogP contribution in [0.5, 0.6) is 5.75 Å². The van der Waals surface area contributed by atoms with E-state index in [1.54, 1.807) is 37.3 Å². The van der Waals surface area contributed by atoms with Crippen molar-refractivity contribution in [2.75, 3.05) is 13.2 Å². The van der Waals surface area contributed by atoms with Gasteiger partial charge < -0.3 is 15.0 Å². The van der Waals surface area contributed by atoms with Gasteiger partial charge in [-0.2, -0.15) is 0 Å². The Labute approximate surface area is 201 Å². The highest BCUT2D eigenvalue weighted by Crippen LogP contribution is 2.24. The number of hydrogen-bond donors (Lipinski definition) is 1. The van der Waals surface area contributed by atoms with Crippen molar-refractivity contribution in [2.24, 2.45) is 0 Å². The molecule has 2 aromatic rings. The molecule has 0 radical (unpaired) electrons. The van der Waals surface area contributed by atoms with Crippen LogP contribution in [0.3, 0.4) is 0 Å². The normalized spacial score (nSPS) is 11.6. The number of unbranched alkanes of at least 4 members (excludes halogenated alkanes) is 1. The monoisotopic (exact) mass is 562 g/mol. The summed E-state index contributed by atoms with van der Waals surface area (Å²) in [5.74, 6) is 0.0993.